The largest absolute Gasteiger partial charge is 0.480 e. The first-order chi connectivity index (χ1) is 10.6. The van der Waals surface area contributed by atoms with Gasteiger partial charge >= 0.3 is 5.97 Å². The van der Waals surface area contributed by atoms with Crippen molar-refractivity contribution in [3.8, 4) is 0 Å². The summed E-state index contributed by atoms with van der Waals surface area (Å²) in [6.07, 6.45) is 0. The number of carbonyl (C=O) groups excluding carboxylic acids is 4. The van der Waals surface area contributed by atoms with Crippen molar-refractivity contribution < 1.29 is 29.1 Å². The first kappa shape index (κ1) is 20.3. The van der Waals surface area contributed by atoms with Crippen LogP contribution in [-0.4, -0.2) is 66.4 Å². The summed E-state index contributed by atoms with van der Waals surface area (Å²) in [5, 5.41) is 17.4. The molecule has 0 bridgehead atoms. The summed E-state index contributed by atoms with van der Waals surface area (Å²) < 4.78 is 0. The maximum absolute atomic E-state index is 11.4. The van der Waals surface area contributed by atoms with Gasteiger partial charge in [-0.25, -0.2) is 0 Å². The van der Waals surface area contributed by atoms with E-state index in [2.05, 4.69) is 21.3 Å². The number of rotatable bonds is 9. The summed E-state index contributed by atoms with van der Waals surface area (Å²) in [7, 11) is 0. The molecule has 130 valence electrons. The lowest BCUT2D eigenvalue weighted by atomic mass is 10.3. The van der Waals surface area contributed by atoms with Gasteiger partial charge in [0, 0.05) is 0 Å². The Bertz CT molecular complexity index is 479. The van der Waals surface area contributed by atoms with Gasteiger partial charge in [-0.1, -0.05) is 0 Å². The first-order valence-corrected chi connectivity index (χ1v) is 6.72. The monoisotopic (exact) mass is 331 g/mol. The Morgan fingerprint density at radius 3 is 1.74 bits per heavy atom. The van der Waals surface area contributed by atoms with E-state index in [1.54, 1.807) is 0 Å². The lowest BCUT2D eigenvalue weighted by Crippen LogP contribution is -2.47. The molecular formula is C12H21N5O6. The Labute approximate surface area is 132 Å². The highest BCUT2D eigenvalue weighted by molar-refractivity contribution is 5.91. The quantitative estimate of drug-likeness (QED) is 0.251. The van der Waals surface area contributed by atoms with Crippen LogP contribution in [0.5, 0.6) is 0 Å². The molecule has 0 radical (unpaired) electrons. The van der Waals surface area contributed by atoms with Crippen LogP contribution in [0.4, 0.5) is 0 Å². The van der Waals surface area contributed by atoms with E-state index in [-0.39, 0.29) is 6.54 Å². The van der Waals surface area contributed by atoms with E-state index in [9.17, 15) is 24.0 Å². The summed E-state index contributed by atoms with van der Waals surface area (Å²) in [6, 6.07) is -1.83. The maximum atomic E-state index is 11.4. The molecule has 0 spiro atoms. The lowest BCUT2D eigenvalue weighted by molar-refractivity contribution is -0.141. The number of carboxylic acid groups (broad SMARTS) is 1. The third kappa shape index (κ3) is 9.79. The lowest BCUT2D eigenvalue weighted by Gasteiger charge is -2.11. The molecule has 11 heteroatoms. The summed E-state index contributed by atoms with van der Waals surface area (Å²) in [4.78, 5) is 55.7. The van der Waals surface area contributed by atoms with Crippen molar-refractivity contribution in [1.29, 1.82) is 0 Å². The second kappa shape index (κ2) is 10.1. The standard InChI is InChI=1S/C12H21N5O6/c1-6(13)11(21)16-4-9(19)14-3-8(18)15-5-10(20)17-7(2)12(22)23/h6-7H,3-5,13H2,1-2H3,(H,14,19)(H,15,18)(H,16,21)(H,17,20)(H,22,23). The molecule has 4 amide bonds. The molecule has 2 atom stereocenters. The van der Waals surface area contributed by atoms with Crippen LogP contribution in [0, 0.1) is 0 Å². The number of carboxylic acids is 1. The molecule has 2 unspecified atom stereocenters. The van der Waals surface area contributed by atoms with E-state index in [0.29, 0.717) is 0 Å². The van der Waals surface area contributed by atoms with Gasteiger partial charge in [0.25, 0.3) is 0 Å². The van der Waals surface area contributed by atoms with Crippen LogP contribution in [-0.2, 0) is 24.0 Å². The minimum Gasteiger partial charge on any atom is -0.480 e. The SMILES string of the molecule is CC(N)C(=O)NCC(=O)NCC(=O)NCC(=O)NC(C)C(=O)O. The molecule has 0 rings (SSSR count). The Morgan fingerprint density at radius 2 is 1.30 bits per heavy atom. The highest BCUT2D eigenvalue weighted by atomic mass is 16.4. The van der Waals surface area contributed by atoms with Crippen molar-refractivity contribution in [2.45, 2.75) is 25.9 Å². The average molecular weight is 331 g/mol. The van der Waals surface area contributed by atoms with Crippen molar-refractivity contribution in [3.05, 3.63) is 0 Å². The zero-order chi connectivity index (χ0) is 18.0. The topological polar surface area (TPSA) is 180 Å². The molecule has 0 saturated carbocycles. The highest BCUT2D eigenvalue weighted by Gasteiger charge is 2.14. The molecule has 23 heavy (non-hydrogen) atoms. The third-order valence-electron chi connectivity index (χ3n) is 2.48. The summed E-state index contributed by atoms with van der Waals surface area (Å²) in [6.45, 7) is 1.59. The molecule has 0 fully saturated rings. The molecule has 0 aromatic rings. The normalized spacial score (nSPS) is 12.5. The minimum atomic E-state index is -1.20. The maximum Gasteiger partial charge on any atom is 0.325 e. The van der Waals surface area contributed by atoms with Gasteiger partial charge in [0.1, 0.15) is 6.04 Å². The molecule has 0 aliphatic carbocycles. The Balaban J connectivity index is 3.90. The number of nitrogens with two attached hydrogens (primary N) is 1. The van der Waals surface area contributed by atoms with Gasteiger partial charge in [-0.3, -0.25) is 24.0 Å². The van der Waals surface area contributed by atoms with Crippen molar-refractivity contribution in [2.75, 3.05) is 19.6 Å². The van der Waals surface area contributed by atoms with E-state index in [1.807, 2.05) is 0 Å². The van der Waals surface area contributed by atoms with E-state index in [4.69, 9.17) is 10.8 Å². The molecular weight excluding hydrogens is 310 g/mol. The van der Waals surface area contributed by atoms with E-state index in [0.717, 1.165) is 0 Å². The van der Waals surface area contributed by atoms with Gasteiger partial charge < -0.3 is 32.1 Å². The fraction of sp³-hybridized carbons (Fsp3) is 0.583. The van der Waals surface area contributed by atoms with Crippen molar-refractivity contribution in [1.82, 2.24) is 21.3 Å². The van der Waals surface area contributed by atoms with Crippen LogP contribution in [0.25, 0.3) is 0 Å². The summed E-state index contributed by atoms with van der Waals surface area (Å²) in [5.74, 6) is -3.63. The first-order valence-electron chi connectivity index (χ1n) is 6.72. The number of aliphatic carboxylic acids is 1. The van der Waals surface area contributed by atoms with Crippen molar-refractivity contribution in [2.24, 2.45) is 5.73 Å². The van der Waals surface area contributed by atoms with Crippen LogP contribution in [0.2, 0.25) is 0 Å². The predicted molar refractivity (Wildman–Crippen MR) is 77.9 cm³/mol. The van der Waals surface area contributed by atoms with E-state index in [1.165, 1.54) is 13.8 Å². The molecule has 0 aromatic carbocycles. The summed E-state index contributed by atoms with van der Waals surface area (Å²) in [5.41, 5.74) is 5.28. The Kier molecular flexibility index (Phi) is 8.92. The number of carbonyl (C=O) groups is 5. The third-order valence-corrected chi connectivity index (χ3v) is 2.48. The van der Waals surface area contributed by atoms with Gasteiger partial charge in [-0.05, 0) is 13.8 Å². The van der Waals surface area contributed by atoms with Gasteiger partial charge in [-0.2, -0.15) is 0 Å². The van der Waals surface area contributed by atoms with Crippen LogP contribution < -0.4 is 27.0 Å². The van der Waals surface area contributed by atoms with E-state index >= 15 is 0 Å². The van der Waals surface area contributed by atoms with Crippen LogP contribution >= 0.6 is 0 Å². The average Bonchev–Trinajstić information content (AvgIpc) is 2.47. The van der Waals surface area contributed by atoms with Gasteiger partial charge in [0.15, 0.2) is 0 Å². The van der Waals surface area contributed by atoms with Crippen molar-refractivity contribution in [3.63, 3.8) is 0 Å². The highest BCUT2D eigenvalue weighted by Crippen LogP contribution is 1.80. The van der Waals surface area contributed by atoms with Crippen LogP contribution in [0.3, 0.4) is 0 Å². The molecule has 0 saturated heterocycles. The molecule has 11 nitrogen and oxygen atoms in total. The molecule has 0 aliphatic rings. The van der Waals surface area contributed by atoms with Gasteiger partial charge in [-0.15, -0.1) is 0 Å². The number of amides is 4. The zero-order valence-electron chi connectivity index (χ0n) is 12.8. The van der Waals surface area contributed by atoms with Crippen LogP contribution in [0.15, 0.2) is 0 Å². The Hall–Kier alpha value is -2.69. The second-order valence-electron chi connectivity index (χ2n) is 4.69. The zero-order valence-corrected chi connectivity index (χ0v) is 12.8. The van der Waals surface area contributed by atoms with Gasteiger partial charge in [0.05, 0.1) is 25.7 Å². The van der Waals surface area contributed by atoms with E-state index < -0.39 is 54.8 Å². The molecule has 0 aromatic heterocycles. The van der Waals surface area contributed by atoms with Gasteiger partial charge in [0.2, 0.25) is 23.6 Å². The Morgan fingerprint density at radius 1 is 0.870 bits per heavy atom. The van der Waals surface area contributed by atoms with Crippen LogP contribution in [0.1, 0.15) is 13.8 Å². The smallest absolute Gasteiger partial charge is 0.325 e. The fourth-order valence-electron chi connectivity index (χ4n) is 1.17. The molecule has 7 N–H and O–H groups in total. The fourth-order valence-corrected chi connectivity index (χ4v) is 1.17. The second-order valence-corrected chi connectivity index (χ2v) is 4.69. The number of hydrogen-bond donors (Lipinski definition) is 6. The van der Waals surface area contributed by atoms with Crippen molar-refractivity contribution >= 4 is 29.6 Å². The molecule has 0 heterocycles. The number of hydrogen-bond acceptors (Lipinski definition) is 6. The predicted octanol–water partition coefficient (Wildman–Crippen LogP) is -3.73. The number of nitrogens with one attached hydrogen (secondary N) is 4. The minimum absolute atomic E-state index is 0.329. The molecule has 0 aliphatic heterocycles. The summed E-state index contributed by atoms with van der Waals surface area (Å²) >= 11 is 0.